The van der Waals surface area contributed by atoms with Gasteiger partial charge in [0.1, 0.15) is 10.3 Å². The topological polar surface area (TPSA) is 70.4 Å². The second-order valence-corrected chi connectivity index (χ2v) is 3.43. The Bertz CT molecular complexity index is 336. The average molecular weight is 236 g/mol. The second-order valence-electron chi connectivity index (χ2n) is 2.66. The van der Waals surface area contributed by atoms with Crippen molar-refractivity contribution in [1.29, 1.82) is 0 Å². The molecule has 1 aromatic heterocycles. The van der Waals surface area contributed by atoms with E-state index in [2.05, 4.69) is 4.98 Å². The van der Waals surface area contributed by atoms with Crippen molar-refractivity contribution < 1.29 is 15.0 Å². The fourth-order valence-corrected chi connectivity index (χ4v) is 1.44. The van der Waals surface area contributed by atoms with E-state index in [-0.39, 0.29) is 10.3 Å². The Morgan fingerprint density at radius 2 is 1.93 bits per heavy atom. The zero-order chi connectivity index (χ0) is 10.7. The van der Waals surface area contributed by atoms with E-state index in [0.717, 1.165) is 0 Å². The molecular formula is C8H7Cl2NO3. The quantitative estimate of drug-likeness (QED) is 0.786. The van der Waals surface area contributed by atoms with Gasteiger partial charge < -0.3 is 10.2 Å². The largest absolute Gasteiger partial charge is 0.481 e. The highest BCUT2D eigenvalue weighted by molar-refractivity contribution is 6.32. The van der Waals surface area contributed by atoms with Gasteiger partial charge in [-0.1, -0.05) is 23.2 Å². The van der Waals surface area contributed by atoms with Gasteiger partial charge in [0.25, 0.3) is 0 Å². The number of carboxylic acids is 1. The molecule has 4 nitrogen and oxygen atoms in total. The number of aromatic nitrogens is 1. The van der Waals surface area contributed by atoms with E-state index in [1.165, 1.54) is 12.1 Å². The van der Waals surface area contributed by atoms with E-state index in [1.807, 2.05) is 0 Å². The van der Waals surface area contributed by atoms with E-state index >= 15 is 0 Å². The summed E-state index contributed by atoms with van der Waals surface area (Å²) >= 11 is 11.2. The minimum Gasteiger partial charge on any atom is -0.481 e. The minimum atomic E-state index is -1.12. The molecule has 0 bridgehead atoms. The molecule has 14 heavy (non-hydrogen) atoms. The van der Waals surface area contributed by atoms with Gasteiger partial charge in [0.05, 0.1) is 12.5 Å². The van der Waals surface area contributed by atoms with Gasteiger partial charge in [-0.3, -0.25) is 4.79 Å². The Morgan fingerprint density at radius 3 is 2.36 bits per heavy atom. The Hall–Kier alpha value is -0.840. The first kappa shape index (κ1) is 11.2. The Balaban J connectivity index is 2.89. The fourth-order valence-electron chi connectivity index (χ4n) is 0.959. The third-order valence-corrected chi connectivity index (χ3v) is 1.93. The predicted octanol–water partition coefficient (Wildman–Crippen LogP) is 1.90. The number of aliphatic hydroxyl groups excluding tert-OH is 1. The van der Waals surface area contributed by atoms with Gasteiger partial charge in [-0.2, -0.15) is 0 Å². The maximum absolute atomic E-state index is 10.3. The lowest BCUT2D eigenvalue weighted by Crippen LogP contribution is -2.05. The molecule has 1 atom stereocenters. The highest BCUT2D eigenvalue weighted by Crippen LogP contribution is 2.22. The van der Waals surface area contributed by atoms with Crippen molar-refractivity contribution in [1.82, 2.24) is 4.98 Å². The summed E-state index contributed by atoms with van der Waals surface area (Å²) in [6, 6.07) is 2.75. The number of hydrogen-bond acceptors (Lipinski definition) is 3. The van der Waals surface area contributed by atoms with Crippen LogP contribution in [0.4, 0.5) is 0 Å². The van der Waals surface area contributed by atoms with Crippen LogP contribution >= 0.6 is 23.2 Å². The molecule has 1 aromatic rings. The van der Waals surface area contributed by atoms with Crippen molar-refractivity contribution in [3.05, 3.63) is 28.0 Å². The van der Waals surface area contributed by atoms with E-state index < -0.39 is 18.5 Å². The van der Waals surface area contributed by atoms with Crippen molar-refractivity contribution in [3.8, 4) is 0 Å². The fraction of sp³-hybridized carbons (Fsp3) is 0.250. The molecule has 0 amide bonds. The van der Waals surface area contributed by atoms with Gasteiger partial charge in [-0.25, -0.2) is 4.98 Å². The maximum Gasteiger partial charge on any atom is 0.306 e. The molecule has 0 aliphatic carbocycles. The summed E-state index contributed by atoms with van der Waals surface area (Å²) in [7, 11) is 0. The van der Waals surface area contributed by atoms with Crippen molar-refractivity contribution in [2.24, 2.45) is 0 Å². The molecule has 0 unspecified atom stereocenters. The molecule has 1 rings (SSSR count). The summed E-state index contributed by atoms with van der Waals surface area (Å²) in [5.74, 6) is -1.10. The van der Waals surface area contributed by atoms with Gasteiger partial charge in [0.2, 0.25) is 0 Å². The molecule has 0 saturated carbocycles. The van der Waals surface area contributed by atoms with Crippen LogP contribution in [0.1, 0.15) is 18.1 Å². The standard InChI is InChI=1S/C8H7Cl2NO3/c9-6-1-4(2-7(10)11-6)5(12)3-8(13)14/h1-2,5,12H,3H2,(H,13,14)/t5-/m0/s1. The first-order valence-corrected chi connectivity index (χ1v) is 4.47. The zero-order valence-corrected chi connectivity index (χ0v) is 8.46. The molecule has 0 aliphatic heterocycles. The van der Waals surface area contributed by atoms with E-state index in [1.54, 1.807) is 0 Å². The second kappa shape index (κ2) is 4.59. The van der Waals surface area contributed by atoms with Crippen LogP contribution < -0.4 is 0 Å². The monoisotopic (exact) mass is 235 g/mol. The lowest BCUT2D eigenvalue weighted by molar-refractivity contribution is -0.139. The maximum atomic E-state index is 10.3. The van der Waals surface area contributed by atoms with Gasteiger partial charge in [0.15, 0.2) is 0 Å². The molecule has 6 heteroatoms. The molecule has 0 radical (unpaired) electrons. The smallest absolute Gasteiger partial charge is 0.306 e. The van der Waals surface area contributed by atoms with Gasteiger partial charge >= 0.3 is 5.97 Å². The number of hydrogen-bond donors (Lipinski definition) is 2. The van der Waals surface area contributed by atoms with Crippen molar-refractivity contribution in [2.75, 3.05) is 0 Å². The van der Waals surface area contributed by atoms with Crippen LogP contribution in [-0.2, 0) is 4.79 Å². The van der Waals surface area contributed by atoms with Gasteiger partial charge in [0, 0.05) is 0 Å². The molecule has 0 saturated heterocycles. The average Bonchev–Trinajstić information content (AvgIpc) is 2.00. The number of rotatable bonds is 3. The van der Waals surface area contributed by atoms with Gasteiger partial charge in [-0.15, -0.1) is 0 Å². The Labute approximate surface area is 90.1 Å². The number of aliphatic carboxylic acids is 1. The van der Waals surface area contributed by atoms with Crippen LogP contribution in [0.2, 0.25) is 10.3 Å². The SMILES string of the molecule is O=C(O)C[C@H](O)c1cc(Cl)nc(Cl)c1. The molecule has 0 spiro atoms. The lowest BCUT2D eigenvalue weighted by Gasteiger charge is -2.08. The highest BCUT2D eigenvalue weighted by Gasteiger charge is 2.13. The summed E-state index contributed by atoms with van der Waals surface area (Å²) in [4.78, 5) is 14.0. The molecule has 76 valence electrons. The van der Waals surface area contributed by atoms with Crippen LogP contribution in [0, 0.1) is 0 Å². The lowest BCUT2D eigenvalue weighted by atomic mass is 10.1. The Kier molecular flexibility index (Phi) is 3.69. The third-order valence-electron chi connectivity index (χ3n) is 1.54. The molecule has 1 heterocycles. The molecule has 2 N–H and O–H groups in total. The van der Waals surface area contributed by atoms with Gasteiger partial charge in [-0.05, 0) is 17.7 Å². The minimum absolute atomic E-state index is 0.122. The zero-order valence-electron chi connectivity index (χ0n) is 6.94. The molecule has 0 fully saturated rings. The first-order chi connectivity index (χ1) is 6.49. The number of halogens is 2. The summed E-state index contributed by atoms with van der Waals surface area (Å²) in [6.45, 7) is 0. The van der Waals surface area contributed by atoms with Crippen LogP contribution in [-0.4, -0.2) is 21.2 Å². The van der Waals surface area contributed by atoms with Crippen LogP contribution in [0.3, 0.4) is 0 Å². The van der Waals surface area contributed by atoms with Crippen molar-refractivity contribution in [3.63, 3.8) is 0 Å². The number of carboxylic acid groups (broad SMARTS) is 1. The summed E-state index contributed by atoms with van der Waals surface area (Å²) in [5, 5.41) is 18.1. The van der Waals surface area contributed by atoms with Crippen LogP contribution in [0.5, 0.6) is 0 Å². The summed E-state index contributed by atoms with van der Waals surface area (Å²) < 4.78 is 0. The predicted molar refractivity (Wildman–Crippen MR) is 51.5 cm³/mol. The number of nitrogens with zero attached hydrogens (tertiary/aromatic N) is 1. The molecule has 0 aromatic carbocycles. The number of aliphatic hydroxyl groups is 1. The number of pyridine rings is 1. The van der Waals surface area contributed by atoms with Crippen LogP contribution in [0.15, 0.2) is 12.1 Å². The molecular weight excluding hydrogens is 229 g/mol. The van der Waals surface area contributed by atoms with Crippen molar-refractivity contribution >= 4 is 29.2 Å². The van der Waals surface area contributed by atoms with Crippen LogP contribution in [0.25, 0.3) is 0 Å². The molecule has 0 aliphatic rings. The van der Waals surface area contributed by atoms with E-state index in [9.17, 15) is 9.90 Å². The summed E-state index contributed by atoms with van der Waals surface area (Å²) in [6.07, 6.45) is -1.51. The number of carbonyl (C=O) groups is 1. The normalized spacial score (nSPS) is 12.5. The summed E-state index contributed by atoms with van der Waals surface area (Å²) in [5.41, 5.74) is 0.345. The highest BCUT2D eigenvalue weighted by atomic mass is 35.5. The third kappa shape index (κ3) is 3.14. The first-order valence-electron chi connectivity index (χ1n) is 3.72. The Morgan fingerprint density at radius 1 is 1.43 bits per heavy atom. The van der Waals surface area contributed by atoms with E-state index in [0.29, 0.717) is 5.56 Å². The van der Waals surface area contributed by atoms with E-state index in [4.69, 9.17) is 28.3 Å². The van der Waals surface area contributed by atoms with Crippen molar-refractivity contribution in [2.45, 2.75) is 12.5 Å².